The summed E-state index contributed by atoms with van der Waals surface area (Å²) in [6, 6.07) is 11.7. The van der Waals surface area contributed by atoms with Gasteiger partial charge in [-0.3, -0.25) is 4.57 Å². The molecule has 2 aliphatic heterocycles. The van der Waals surface area contributed by atoms with Crippen LogP contribution in [0.5, 0.6) is 11.8 Å². The van der Waals surface area contributed by atoms with E-state index in [1.165, 1.54) is 6.39 Å². The highest BCUT2D eigenvalue weighted by Gasteiger charge is 2.59. The minimum absolute atomic E-state index is 0.0426. The SMILES string of the molecule is CC12CCC(C)(O1)c1c2c(O)n(-c2ccc(-c3cnco3)c3ccccc23)c1O. The van der Waals surface area contributed by atoms with E-state index >= 15 is 0 Å². The molecule has 1 fully saturated rings. The summed E-state index contributed by atoms with van der Waals surface area (Å²) in [4.78, 5) is 4.02. The van der Waals surface area contributed by atoms with Gasteiger partial charge in [0, 0.05) is 10.9 Å². The normalized spacial score (nSPS) is 25.0. The molecule has 0 radical (unpaired) electrons. The summed E-state index contributed by atoms with van der Waals surface area (Å²) in [5.41, 5.74) is 1.86. The monoisotopic (exact) mass is 388 g/mol. The maximum absolute atomic E-state index is 11.2. The van der Waals surface area contributed by atoms with Crippen molar-refractivity contribution in [3.05, 3.63) is 60.1 Å². The molecule has 4 heterocycles. The molecule has 0 spiro atoms. The van der Waals surface area contributed by atoms with Crippen molar-refractivity contribution in [2.45, 2.75) is 37.9 Å². The molecule has 6 rings (SSSR count). The van der Waals surface area contributed by atoms with E-state index in [2.05, 4.69) is 4.98 Å². The first-order valence-corrected chi connectivity index (χ1v) is 9.72. The lowest BCUT2D eigenvalue weighted by Crippen LogP contribution is -2.17. The number of hydrogen-bond acceptors (Lipinski definition) is 5. The average Bonchev–Trinajstić information content (AvgIpc) is 3.44. The zero-order valence-corrected chi connectivity index (χ0v) is 16.1. The van der Waals surface area contributed by atoms with Crippen molar-refractivity contribution >= 4 is 10.8 Å². The molecule has 0 saturated carbocycles. The second kappa shape index (κ2) is 5.21. The molecule has 6 heteroatoms. The quantitative estimate of drug-likeness (QED) is 0.508. The fourth-order valence-corrected chi connectivity index (χ4v) is 5.25. The van der Waals surface area contributed by atoms with Gasteiger partial charge in [0.15, 0.2) is 12.2 Å². The van der Waals surface area contributed by atoms with Crippen molar-refractivity contribution in [3.8, 4) is 28.8 Å². The summed E-state index contributed by atoms with van der Waals surface area (Å²) in [5.74, 6) is 0.754. The Hall–Kier alpha value is -3.25. The Bertz CT molecular complexity index is 1250. The molecule has 2 N–H and O–H groups in total. The maximum atomic E-state index is 11.2. The summed E-state index contributed by atoms with van der Waals surface area (Å²) in [6.45, 7) is 3.97. The molecule has 146 valence electrons. The number of hydrogen-bond donors (Lipinski definition) is 2. The summed E-state index contributed by atoms with van der Waals surface area (Å²) < 4.78 is 13.3. The molecule has 6 nitrogen and oxygen atoms in total. The molecule has 2 unspecified atom stereocenters. The van der Waals surface area contributed by atoms with Crippen LogP contribution in [0.3, 0.4) is 0 Å². The van der Waals surface area contributed by atoms with Crippen molar-refractivity contribution in [1.29, 1.82) is 0 Å². The first-order chi connectivity index (χ1) is 13.9. The second-order valence-corrected chi connectivity index (χ2v) is 8.34. The van der Waals surface area contributed by atoms with Crippen LogP contribution >= 0.6 is 0 Å². The lowest BCUT2D eigenvalue weighted by molar-refractivity contribution is -0.0683. The van der Waals surface area contributed by atoms with Crippen LogP contribution < -0.4 is 0 Å². The number of benzene rings is 2. The van der Waals surface area contributed by atoms with Crippen LogP contribution in [0.1, 0.15) is 37.8 Å². The number of oxazole rings is 1. The first kappa shape index (κ1) is 16.7. The van der Waals surface area contributed by atoms with Gasteiger partial charge in [-0.05, 0) is 44.2 Å². The van der Waals surface area contributed by atoms with E-state index in [4.69, 9.17) is 9.15 Å². The van der Waals surface area contributed by atoms with E-state index < -0.39 is 11.2 Å². The van der Waals surface area contributed by atoms with Crippen molar-refractivity contribution in [3.63, 3.8) is 0 Å². The predicted molar refractivity (Wildman–Crippen MR) is 107 cm³/mol. The van der Waals surface area contributed by atoms with Gasteiger partial charge in [-0.15, -0.1) is 0 Å². The van der Waals surface area contributed by atoms with Crippen molar-refractivity contribution < 1.29 is 19.4 Å². The summed E-state index contributed by atoms with van der Waals surface area (Å²) >= 11 is 0. The van der Waals surface area contributed by atoms with Gasteiger partial charge in [0.1, 0.15) is 0 Å². The van der Waals surface area contributed by atoms with Gasteiger partial charge in [0.2, 0.25) is 11.8 Å². The highest BCUT2D eigenvalue weighted by atomic mass is 16.5. The molecule has 29 heavy (non-hydrogen) atoms. The molecule has 1 saturated heterocycles. The van der Waals surface area contributed by atoms with Crippen LogP contribution in [0, 0.1) is 0 Å². The van der Waals surface area contributed by atoms with Crippen LogP contribution in [0.15, 0.2) is 53.4 Å². The van der Waals surface area contributed by atoms with Crippen LogP contribution in [0.25, 0.3) is 27.8 Å². The lowest BCUT2D eigenvalue weighted by atomic mass is 9.80. The second-order valence-electron chi connectivity index (χ2n) is 8.34. The number of rotatable bonds is 2. The molecule has 0 amide bonds. The molecule has 4 aromatic rings. The molecular formula is C23H20N2O4. The summed E-state index contributed by atoms with van der Waals surface area (Å²) in [7, 11) is 0. The minimum Gasteiger partial charge on any atom is -0.494 e. The number of fused-ring (bicyclic) bond motifs is 6. The Morgan fingerprint density at radius 2 is 1.59 bits per heavy atom. The van der Waals surface area contributed by atoms with E-state index in [1.807, 2.05) is 50.2 Å². The Morgan fingerprint density at radius 1 is 0.931 bits per heavy atom. The largest absolute Gasteiger partial charge is 0.494 e. The molecule has 2 atom stereocenters. The van der Waals surface area contributed by atoms with Crippen LogP contribution in [0.4, 0.5) is 0 Å². The number of aromatic hydroxyl groups is 2. The van der Waals surface area contributed by atoms with Crippen molar-refractivity contribution in [2.75, 3.05) is 0 Å². The first-order valence-electron chi connectivity index (χ1n) is 9.72. The fraction of sp³-hybridized carbons (Fsp3) is 0.261. The average molecular weight is 388 g/mol. The van der Waals surface area contributed by atoms with E-state index in [0.717, 1.165) is 29.2 Å². The topological polar surface area (TPSA) is 80.7 Å². The smallest absolute Gasteiger partial charge is 0.205 e. The molecular weight excluding hydrogens is 368 g/mol. The number of nitrogens with zero attached hydrogens (tertiary/aromatic N) is 2. The molecule has 0 aliphatic carbocycles. The van der Waals surface area contributed by atoms with Gasteiger partial charge in [-0.2, -0.15) is 0 Å². The third kappa shape index (κ3) is 1.96. The Kier molecular flexibility index (Phi) is 3.00. The zero-order valence-electron chi connectivity index (χ0n) is 16.1. The lowest BCUT2D eigenvalue weighted by Gasteiger charge is -2.21. The predicted octanol–water partition coefficient (Wildman–Crippen LogP) is 4.95. The van der Waals surface area contributed by atoms with Gasteiger partial charge < -0.3 is 19.4 Å². The van der Waals surface area contributed by atoms with E-state index in [9.17, 15) is 10.2 Å². The van der Waals surface area contributed by atoms with Gasteiger partial charge in [0.05, 0.1) is 34.2 Å². The molecule has 2 aromatic heterocycles. The van der Waals surface area contributed by atoms with Gasteiger partial charge in [-0.25, -0.2) is 4.98 Å². The number of ether oxygens (including phenoxy) is 1. The van der Waals surface area contributed by atoms with Crippen molar-refractivity contribution in [2.24, 2.45) is 0 Å². The minimum atomic E-state index is -0.577. The fourth-order valence-electron chi connectivity index (χ4n) is 5.25. The van der Waals surface area contributed by atoms with Gasteiger partial charge >= 0.3 is 0 Å². The highest BCUT2D eigenvalue weighted by Crippen LogP contribution is 2.64. The van der Waals surface area contributed by atoms with Crippen molar-refractivity contribution in [1.82, 2.24) is 9.55 Å². The van der Waals surface area contributed by atoms with E-state index in [1.54, 1.807) is 10.8 Å². The standard InChI is InChI=1S/C23H20N2O4/c1-22-9-10-23(2,29-22)19-18(22)20(26)25(21(19)27)16-8-7-15(17-11-24-12-28-17)13-5-3-4-6-14(13)16/h3-8,11-12,26-27H,9-10H2,1-2H3. The van der Waals surface area contributed by atoms with Crippen LogP contribution in [-0.2, 0) is 15.9 Å². The van der Waals surface area contributed by atoms with Crippen LogP contribution in [-0.4, -0.2) is 19.8 Å². The Morgan fingerprint density at radius 3 is 2.21 bits per heavy atom. The molecule has 2 aromatic carbocycles. The molecule has 2 aliphatic rings. The Labute approximate surface area is 167 Å². The van der Waals surface area contributed by atoms with E-state index in [0.29, 0.717) is 22.6 Å². The third-order valence-electron chi connectivity index (χ3n) is 6.55. The summed E-state index contributed by atoms with van der Waals surface area (Å²) in [6.07, 6.45) is 4.72. The van der Waals surface area contributed by atoms with Gasteiger partial charge in [0.25, 0.3) is 0 Å². The third-order valence-corrected chi connectivity index (χ3v) is 6.55. The highest BCUT2D eigenvalue weighted by molar-refractivity contribution is 6.00. The molecule has 2 bridgehead atoms. The zero-order chi connectivity index (χ0) is 20.0. The number of aromatic nitrogens is 2. The van der Waals surface area contributed by atoms with Crippen LogP contribution in [0.2, 0.25) is 0 Å². The van der Waals surface area contributed by atoms with E-state index in [-0.39, 0.29) is 11.8 Å². The summed E-state index contributed by atoms with van der Waals surface area (Å²) in [5, 5.41) is 24.2. The van der Waals surface area contributed by atoms with Gasteiger partial charge in [-0.1, -0.05) is 24.3 Å². The Balaban J connectivity index is 1.65. The maximum Gasteiger partial charge on any atom is 0.205 e.